The molecule has 3 atom stereocenters. The first-order valence-corrected chi connectivity index (χ1v) is 10.7. The summed E-state index contributed by atoms with van der Waals surface area (Å²) in [5.41, 5.74) is 2.45. The van der Waals surface area contributed by atoms with E-state index in [4.69, 9.17) is 4.74 Å². The lowest BCUT2D eigenvalue weighted by atomic mass is 9.77. The Morgan fingerprint density at radius 3 is 2.30 bits per heavy atom. The monoisotopic (exact) mass is 426 g/mol. The van der Waals surface area contributed by atoms with E-state index in [2.05, 4.69) is 31.4 Å². The van der Waals surface area contributed by atoms with Crippen LogP contribution in [-0.2, 0) is 17.6 Å². The summed E-state index contributed by atoms with van der Waals surface area (Å²) >= 11 is 0. The molecule has 0 aromatic heterocycles. The molecule has 2 N–H and O–H groups in total. The van der Waals surface area contributed by atoms with E-state index in [1.807, 2.05) is 12.1 Å². The molecule has 2 aliphatic carbocycles. The van der Waals surface area contributed by atoms with Crippen LogP contribution in [0.25, 0.3) is 0 Å². The highest BCUT2D eigenvalue weighted by atomic mass is 19.4. The number of carbonyl (C=O) groups is 1. The molecule has 30 heavy (non-hydrogen) atoms. The van der Waals surface area contributed by atoms with Gasteiger partial charge in [-0.05, 0) is 66.2 Å². The second-order valence-corrected chi connectivity index (χ2v) is 10.0. The molecular formula is C23H33F3N2O2. The summed E-state index contributed by atoms with van der Waals surface area (Å²) in [5, 5.41) is 6.43. The van der Waals surface area contributed by atoms with E-state index in [9.17, 15) is 18.0 Å². The molecule has 1 fully saturated rings. The lowest BCUT2D eigenvalue weighted by Gasteiger charge is -2.42. The number of ether oxygens (including phenoxy) is 1. The molecule has 0 unspecified atom stereocenters. The van der Waals surface area contributed by atoms with Gasteiger partial charge in [0.1, 0.15) is 0 Å². The minimum Gasteiger partial charge on any atom is -0.465 e. The number of alkyl halides is 3. The zero-order valence-electron chi connectivity index (χ0n) is 18.3. The van der Waals surface area contributed by atoms with Crippen LogP contribution in [0, 0.1) is 17.3 Å². The molecule has 1 aromatic carbocycles. The van der Waals surface area contributed by atoms with Crippen molar-refractivity contribution in [1.29, 1.82) is 0 Å². The summed E-state index contributed by atoms with van der Waals surface area (Å²) in [7, 11) is 1.36. The summed E-state index contributed by atoms with van der Waals surface area (Å²) in [5.74, 6) is 0.0895. The van der Waals surface area contributed by atoms with Gasteiger partial charge in [-0.25, -0.2) is 4.79 Å². The van der Waals surface area contributed by atoms with E-state index in [1.54, 1.807) is 6.07 Å². The maximum atomic E-state index is 12.8. The summed E-state index contributed by atoms with van der Waals surface area (Å²) in [6.45, 7) is 6.44. The standard InChI is InChI=1S/C23H33F3N2O2/c1-21(2,3)12-28-22(13-27-14-23(24,25)26)18-7-8-19(22)11-17-9-16(20(29)30-4)6-5-15(17)10-18/h5-6,9,18-19,27-28H,7-8,10-14H2,1-4H3/t18-,19+,22+/m0/s1. The van der Waals surface area contributed by atoms with E-state index < -0.39 is 18.3 Å². The van der Waals surface area contributed by atoms with Crippen molar-refractivity contribution >= 4 is 5.97 Å². The summed E-state index contributed by atoms with van der Waals surface area (Å²) in [6.07, 6.45) is -0.710. The average molecular weight is 427 g/mol. The zero-order valence-corrected chi connectivity index (χ0v) is 18.3. The zero-order chi connectivity index (χ0) is 22.2. The van der Waals surface area contributed by atoms with Gasteiger partial charge >= 0.3 is 12.1 Å². The molecular weight excluding hydrogens is 393 g/mol. The molecule has 0 aliphatic heterocycles. The number of benzene rings is 1. The van der Waals surface area contributed by atoms with Gasteiger partial charge in [-0.3, -0.25) is 0 Å². The Morgan fingerprint density at radius 2 is 1.73 bits per heavy atom. The fourth-order valence-electron chi connectivity index (χ4n) is 5.09. The fraction of sp³-hybridized carbons (Fsp3) is 0.696. The third-order valence-corrected chi connectivity index (χ3v) is 6.57. The van der Waals surface area contributed by atoms with Gasteiger partial charge in [-0.1, -0.05) is 26.8 Å². The van der Waals surface area contributed by atoms with Crippen LogP contribution in [0.15, 0.2) is 18.2 Å². The molecule has 0 amide bonds. The van der Waals surface area contributed by atoms with Crippen molar-refractivity contribution in [3.05, 3.63) is 34.9 Å². The van der Waals surface area contributed by atoms with Crippen LogP contribution in [0.5, 0.6) is 0 Å². The third-order valence-electron chi connectivity index (χ3n) is 6.57. The van der Waals surface area contributed by atoms with Gasteiger partial charge in [0.2, 0.25) is 0 Å². The van der Waals surface area contributed by atoms with Gasteiger partial charge in [0.25, 0.3) is 0 Å². The van der Waals surface area contributed by atoms with Crippen molar-refractivity contribution in [3.63, 3.8) is 0 Å². The van der Waals surface area contributed by atoms with Crippen LogP contribution in [0.4, 0.5) is 13.2 Å². The number of hydrogen-bond donors (Lipinski definition) is 2. The minimum absolute atomic E-state index is 0.0215. The van der Waals surface area contributed by atoms with Crippen molar-refractivity contribution in [2.24, 2.45) is 17.3 Å². The van der Waals surface area contributed by atoms with Crippen LogP contribution in [-0.4, -0.2) is 44.4 Å². The first-order chi connectivity index (χ1) is 13.9. The molecule has 0 saturated heterocycles. The predicted molar refractivity (Wildman–Crippen MR) is 111 cm³/mol. The fourth-order valence-corrected chi connectivity index (χ4v) is 5.09. The Hall–Kier alpha value is -1.60. The highest BCUT2D eigenvalue weighted by Crippen LogP contribution is 2.47. The van der Waals surface area contributed by atoms with Gasteiger partial charge in [0.05, 0.1) is 19.2 Å². The lowest BCUT2D eigenvalue weighted by Crippen LogP contribution is -2.61. The highest BCUT2D eigenvalue weighted by Gasteiger charge is 2.51. The Morgan fingerprint density at radius 1 is 1.10 bits per heavy atom. The van der Waals surface area contributed by atoms with E-state index in [-0.39, 0.29) is 29.8 Å². The topological polar surface area (TPSA) is 50.4 Å². The lowest BCUT2D eigenvalue weighted by molar-refractivity contribution is -0.125. The number of nitrogens with one attached hydrogen (secondary N) is 2. The Kier molecular flexibility index (Phi) is 6.54. The van der Waals surface area contributed by atoms with Gasteiger partial charge in [0, 0.05) is 18.6 Å². The molecule has 1 saturated carbocycles. The van der Waals surface area contributed by atoms with Crippen molar-refractivity contribution in [3.8, 4) is 0 Å². The first kappa shape index (κ1) is 23.1. The van der Waals surface area contributed by atoms with Gasteiger partial charge in [0.15, 0.2) is 0 Å². The molecule has 0 spiro atoms. The quantitative estimate of drug-likeness (QED) is 0.672. The predicted octanol–water partition coefficient (Wildman–Crippen LogP) is 4.12. The van der Waals surface area contributed by atoms with E-state index in [0.29, 0.717) is 5.56 Å². The molecule has 7 heteroatoms. The summed E-state index contributed by atoms with van der Waals surface area (Å²) in [6, 6.07) is 5.68. The molecule has 0 radical (unpaired) electrons. The van der Waals surface area contributed by atoms with Crippen molar-refractivity contribution in [2.75, 3.05) is 26.7 Å². The van der Waals surface area contributed by atoms with Gasteiger partial charge in [-0.2, -0.15) is 13.2 Å². The van der Waals surface area contributed by atoms with E-state index in [0.717, 1.165) is 37.8 Å². The van der Waals surface area contributed by atoms with E-state index in [1.165, 1.54) is 12.7 Å². The number of esters is 1. The van der Waals surface area contributed by atoms with Crippen LogP contribution < -0.4 is 10.6 Å². The third kappa shape index (κ3) is 5.17. The minimum atomic E-state index is -4.23. The SMILES string of the molecule is COC(=O)c1ccc2c(c1)C[C@H]1CC[C@@H](C2)[C@@]1(CNCC(F)(F)F)NCC(C)(C)C. The Labute approximate surface area is 176 Å². The second kappa shape index (κ2) is 8.50. The Bertz CT molecular complexity index is 773. The first-order valence-electron chi connectivity index (χ1n) is 10.7. The molecule has 0 heterocycles. The smallest absolute Gasteiger partial charge is 0.401 e. The molecule has 3 rings (SSSR count). The number of fused-ring (bicyclic) bond motifs is 3. The molecule has 2 bridgehead atoms. The maximum absolute atomic E-state index is 12.8. The van der Waals surface area contributed by atoms with Crippen molar-refractivity contribution in [2.45, 2.75) is 58.2 Å². The van der Waals surface area contributed by atoms with Crippen LogP contribution in [0.1, 0.15) is 55.1 Å². The number of hydrogen-bond acceptors (Lipinski definition) is 4. The van der Waals surface area contributed by atoms with Crippen LogP contribution in [0.3, 0.4) is 0 Å². The van der Waals surface area contributed by atoms with Crippen molar-refractivity contribution < 1.29 is 22.7 Å². The number of halogens is 3. The van der Waals surface area contributed by atoms with Gasteiger partial charge < -0.3 is 15.4 Å². The largest absolute Gasteiger partial charge is 0.465 e. The summed E-state index contributed by atoms with van der Waals surface area (Å²) in [4.78, 5) is 12.0. The van der Waals surface area contributed by atoms with Gasteiger partial charge in [-0.15, -0.1) is 0 Å². The molecule has 4 nitrogen and oxygen atoms in total. The molecule has 168 valence electrons. The molecule has 1 aromatic rings. The number of carbonyl (C=O) groups excluding carboxylic acids is 1. The van der Waals surface area contributed by atoms with E-state index >= 15 is 0 Å². The number of methoxy groups -OCH3 is 1. The summed E-state index contributed by atoms with van der Waals surface area (Å²) < 4.78 is 43.4. The van der Waals surface area contributed by atoms with Crippen LogP contribution in [0.2, 0.25) is 0 Å². The second-order valence-electron chi connectivity index (χ2n) is 10.0. The van der Waals surface area contributed by atoms with Crippen molar-refractivity contribution in [1.82, 2.24) is 10.6 Å². The average Bonchev–Trinajstić information content (AvgIpc) is 2.88. The number of rotatable bonds is 6. The normalized spacial score (nSPS) is 26.2. The highest BCUT2D eigenvalue weighted by molar-refractivity contribution is 5.89. The molecule has 2 aliphatic rings. The van der Waals surface area contributed by atoms with Crippen LogP contribution >= 0.6 is 0 Å². The maximum Gasteiger partial charge on any atom is 0.401 e. The Balaban J connectivity index is 1.89.